The summed E-state index contributed by atoms with van der Waals surface area (Å²) in [4.78, 5) is 1.75. The van der Waals surface area contributed by atoms with Crippen molar-refractivity contribution < 1.29 is 13.9 Å². The number of hydrogen-bond donors (Lipinski definition) is 2. The van der Waals surface area contributed by atoms with Gasteiger partial charge in [-0.2, -0.15) is 0 Å². The van der Waals surface area contributed by atoms with Crippen LogP contribution >= 0.6 is 0 Å². The van der Waals surface area contributed by atoms with Gasteiger partial charge in [0, 0.05) is 30.0 Å². The number of benzene rings is 1. The molecule has 0 amide bonds. The third-order valence-electron chi connectivity index (χ3n) is 2.49. The van der Waals surface area contributed by atoms with E-state index in [1.165, 1.54) is 6.07 Å². The van der Waals surface area contributed by atoms with Gasteiger partial charge in [0.2, 0.25) is 0 Å². The number of hydrogen-bond acceptors (Lipinski definition) is 3. The highest BCUT2D eigenvalue weighted by Gasteiger charge is 2.17. The minimum atomic E-state index is -2.56. The van der Waals surface area contributed by atoms with Crippen molar-refractivity contribution in [1.82, 2.24) is 0 Å². The molecule has 0 aliphatic carbocycles. The molecular formula is C12H18F2N2O. The fraction of sp³-hybridized carbons (Fsp3) is 0.500. The summed E-state index contributed by atoms with van der Waals surface area (Å²) in [5.74, 6) is 0. The largest absolute Gasteiger partial charge is 0.399 e. The molecule has 0 saturated carbocycles. The summed E-state index contributed by atoms with van der Waals surface area (Å²) in [7, 11) is 0. The maximum atomic E-state index is 12.9. The molecule has 1 aromatic rings. The number of nitrogens with zero attached hydrogens (tertiary/aromatic N) is 1. The Bertz CT molecular complexity index is 352. The molecule has 17 heavy (non-hydrogen) atoms. The summed E-state index contributed by atoms with van der Waals surface area (Å²) in [5.41, 5.74) is 6.21. The third kappa shape index (κ3) is 3.56. The number of rotatable bonds is 6. The maximum Gasteiger partial charge on any atom is 0.265 e. The van der Waals surface area contributed by atoms with Crippen LogP contribution in [0, 0.1) is 0 Å². The van der Waals surface area contributed by atoms with E-state index in [1.807, 2.05) is 6.92 Å². The van der Waals surface area contributed by atoms with Gasteiger partial charge in [-0.3, -0.25) is 0 Å². The summed E-state index contributed by atoms with van der Waals surface area (Å²) in [6, 6.07) is 4.48. The lowest BCUT2D eigenvalue weighted by Gasteiger charge is -2.26. The average molecular weight is 244 g/mol. The highest BCUT2D eigenvalue weighted by Crippen LogP contribution is 2.31. The minimum absolute atomic E-state index is 0.0624. The molecule has 0 fully saturated rings. The topological polar surface area (TPSA) is 49.5 Å². The van der Waals surface area contributed by atoms with Crippen molar-refractivity contribution in [1.29, 1.82) is 0 Å². The smallest absolute Gasteiger partial charge is 0.265 e. The van der Waals surface area contributed by atoms with E-state index >= 15 is 0 Å². The summed E-state index contributed by atoms with van der Waals surface area (Å²) >= 11 is 0. The Balaban J connectivity index is 3.07. The number of alkyl halides is 2. The molecule has 0 heterocycles. The first-order valence-corrected chi connectivity index (χ1v) is 5.63. The summed E-state index contributed by atoms with van der Waals surface area (Å²) in [6.07, 6.45) is -1.74. The van der Waals surface area contributed by atoms with Crippen molar-refractivity contribution in [3.63, 3.8) is 0 Å². The molecule has 0 bridgehead atoms. The van der Waals surface area contributed by atoms with Gasteiger partial charge in [0.25, 0.3) is 6.43 Å². The molecule has 0 spiro atoms. The van der Waals surface area contributed by atoms with E-state index in [1.54, 1.807) is 17.0 Å². The Kier molecular flexibility index (Phi) is 5.15. The van der Waals surface area contributed by atoms with Gasteiger partial charge in [-0.15, -0.1) is 0 Å². The first-order chi connectivity index (χ1) is 8.10. The van der Waals surface area contributed by atoms with E-state index in [2.05, 4.69) is 0 Å². The molecule has 0 aromatic heterocycles. The van der Waals surface area contributed by atoms with Gasteiger partial charge < -0.3 is 15.7 Å². The number of aliphatic hydroxyl groups excluding tert-OH is 1. The maximum absolute atomic E-state index is 12.9. The van der Waals surface area contributed by atoms with Crippen LogP contribution in [-0.4, -0.2) is 24.8 Å². The van der Waals surface area contributed by atoms with E-state index < -0.39 is 6.43 Å². The van der Waals surface area contributed by atoms with E-state index in [9.17, 15) is 8.78 Å². The van der Waals surface area contributed by atoms with Crippen molar-refractivity contribution in [2.24, 2.45) is 0 Å². The first kappa shape index (κ1) is 13.7. The van der Waals surface area contributed by atoms with Crippen LogP contribution in [0.5, 0.6) is 0 Å². The van der Waals surface area contributed by atoms with Gasteiger partial charge >= 0.3 is 0 Å². The molecule has 1 rings (SSSR count). The van der Waals surface area contributed by atoms with E-state index in [-0.39, 0.29) is 12.2 Å². The lowest BCUT2D eigenvalue weighted by Crippen LogP contribution is -2.28. The number of aliphatic hydroxyl groups is 1. The number of halogens is 2. The second-order valence-electron chi connectivity index (χ2n) is 3.83. The third-order valence-corrected chi connectivity index (χ3v) is 2.49. The van der Waals surface area contributed by atoms with Crippen molar-refractivity contribution in [3.8, 4) is 0 Å². The molecule has 96 valence electrons. The molecular weight excluding hydrogens is 226 g/mol. The lowest BCUT2D eigenvalue weighted by molar-refractivity contribution is 0.151. The average Bonchev–Trinajstić information content (AvgIpc) is 2.28. The molecule has 0 radical (unpaired) electrons. The van der Waals surface area contributed by atoms with Crippen LogP contribution in [0.3, 0.4) is 0 Å². The van der Waals surface area contributed by atoms with Gasteiger partial charge in [0.05, 0.1) is 6.61 Å². The molecule has 3 N–H and O–H groups in total. The Morgan fingerprint density at radius 2 is 2.06 bits per heavy atom. The predicted molar refractivity (Wildman–Crippen MR) is 65.4 cm³/mol. The molecule has 3 nitrogen and oxygen atoms in total. The van der Waals surface area contributed by atoms with E-state index in [0.717, 1.165) is 6.42 Å². The van der Waals surface area contributed by atoms with E-state index in [4.69, 9.17) is 10.8 Å². The first-order valence-electron chi connectivity index (χ1n) is 5.63. The zero-order valence-corrected chi connectivity index (χ0v) is 9.87. The molecule has 0 aliphatic rings. The van der Waals surface area contributed by atoms with Crippen LogP contribution < -0.4 is 10.6 Å². The summed E-state index contributed by atoms with van der Waals surface area (Å²) in [6.45, 7) is 2.87. The zero-order chi connectivity index (χ0) is 12.8. The van der Waals surface area contributed by atoms with Crippen molar-refractivity contribution in [2.45, 2.75) is 19.8 Å². The molecule has 0 atom stereocenters. The fourth-order valence-corrected chi connectivity index (χ4v) is 1.78. The second-order valence-corrected chi connectivity index (χ2v) is 3.83. The van der Waals surface area contributed by atoms with Crippen LogP contribution in [-0.2, 0) is 0 Å². The number of anilines is 2. The summed E-state index contributed by atoms with van der Waals surface area (Å²) < 4.78 is 25.8. The SMILES string of the molecule is CCCN(CCO)c1ccc(N)cc1C(F)F. The van der Waals surface area contributed by atoms with Gasteiger partial charge in [0.1, 0.15) is 0 Å². The Hall–Kier alpha value is -1.36. The number of nitrogens with two attached hydrogens (primary N) is 1. The molecule has 0 unspecified atom stereocenters. The molecule has 1 aromatic carbocycles. The zero-order valence-electron chi connectivity index (χ0n) is 9.87. The number of nitrogen functional groups attached to an aromatic ring is 1. The monoisotopic (exact) mass is 244 g/mol. The van der Waals surface area contributed by atoms with Crippen LogP contribution in [0.2, 0.25) is 0 Å². The van der Waals surface area contributed by atoms with Crippen LogP contribution in [0.25, 0.3) is 0 Å². The van der Waals surface area contributed by atoms with Gasteiger partial charge in [0.15, 0.2) is 0 Å². The Morgan fingerprint density at radius 3 is 2.59 bits per heavy atom. The fourth-order valence-electron chi connectivity index (χ4n) is 1.78. The van der Waals surface area contributed by atoms with Crippen molar-refractivity contribution >= 4 is 11.4 Å². The van der Waals surface area contributed by atoms with Gasteiger partial charge in [-0.25, -0.2) is 8.78 Å². The molecule has 0 aliphatic heterocycles. The van der Waals surface area contributed by atoms with Crippen molar-refractivity contribution in [2.75, 3.05) is 30.3 Å². The van der Waals surface area contributed by atoms with E-state index in [0.29, 0.717) is 24.5 Å². The second kappa shape index (κ2) is 6.39. The lowest BCUT2D eigenvalue weighted by atomic mass is 10.1. The Labute approximate surface area is 99.8 Å². The molecule has 5 heteroatoms. The highest BCUT2D eigenvalue weighted by atomic mass is 19.3. The summed E-state index contributed by atoms with van der Waals surface area (Å²) in [5, 5.41) is 8.95. The predicted octanol–water partition coefficient (Wildman–Crippen LogP) is 2.42. The van der Waals surface area contributed by atoms with Crippen LogP contribution in [0.1, 0.15) is 25.3 Å². The van der Waals surface area contributed by atoms with Crippen molar-refractivity contribution in [3.05, 3.63) is 23.8 Å². The van der Waals surface area contributed by atoms with Crippen LogP contribution in [0.15, 0.2) is 18.2 Å². The van der Waals surface area contributed by atoms with Gasteiger partial charge in [-0.1, -0.05) is 6.92 Å². The standard InChI is InChI=1S/C12H18F2N2O/c1-2-5-16(6-7-17)11-4-3-9(15)8-10(11)12(13)14/h3-4,8,12,17H,2,5-7,15H2,1H3. The molecule has 0 saturated heterocycles. The Morgan fingerprint density at radius 1 is 1.35 bits per heavy atom. The van der Waals surface area contributed by atoms with Gasteiger partial charge in [-0.05, 0) is 24.6 Å². The minimum Gasteiger partial charge on any atom is -0.399 e. The highest BCUT2D eigenvalue weighted by molar-refractivity contribution is 5.60. The van der Waals surface area contributed by atoms with Crippen LogP contribution in [0.4, 0.5) is 20.2 Å². The quantitative estimate of drug-likeness (QED) is 0.755. The normalized spacial score (nSPS) is 10.9.